The fraction of sp³-hybridized carbons (Fsp3) is 0.333. The number of nitrogens with two attached hydrogens (primary N) is 1. The number of carbonyl (C=O) groups is 2. The van der Waals surface area contributed by atoms with E-state index in [0.717, 1.165) is 11.1 Å². The number of rotatable bonds is 3. The van der Waals surface area contributed by atoms with Crippen LogP contribution in [-0.2, 0) is 4.79 Å². The van der Waals surface area contributed by atoms with Gasteiger partial charge < -0.3 is 16.0 Å². The number of nitrogens with one attached hydrogen (secondary N) is 1. The SMILES string of the molecule is Cc1ccc(C(=O)NCC(=O)N(C)C)cc1C#CCN. The van der Waals surface area contributed by atoms with E-state index in [2.05, 4.69) is 17.2 Å². The fourth-order valence-electron chi connectivity index (χ4n) is 1.46. The van der Waals surface area contributed by atoms with Crippen molar-refractivity contribution < 1.29 is 9.59 Å². The van der Waals surface area contributed by atoms with Gasteiger partial charge in [-0.2, -0.15) is 0 Å². The van der Waals surface area contributed by atoms with Gasteiger partial charge in [0.2, 0.25) is 5.91 Å². The third-order valence-corrected chi connectivity index (χ3v) is 2.72. The zero-order valence-corrected chi connectivity index (χ0v) is 12.0. The zero-order valence-electron chi connectivity index (χ0n) is 12.0. The molecule has 3 N–H and O–H groups in total. The molecule has 0 aliphatic rings. The summed E-state index contributed by atoms with van der Waals surface area (Å²) >= 11 is 0. The van der Waals surface area contributed by atoms with E-state index in [9.17, 15) is 9.59 Å². The van der Waals surface area contributed by atoms with Gasteiger partial charge in [0.05, 0.1) is 13.1 Å². The van der Waals surface area contributed by atoms with Gasteiger partial charge in [0.1, 0.15) is 0 Å². The summed E-state index contributed by atoms with van der Waals surface area (Å²) in [5.74, 6) is 5.23. The van der Waals surface area contributed by atoms with E-state index in [1.807, 2.05) is 13.0 Å². The molecule has 0 aliphatic heterocycles. The van der Waals surface area contributed by atoms with E-state index in [4.69, 9.17) is 5.73 Å². The standard InChI is InChI=1S/C15H19N3O2/c1-11-6-7-13(9-12(11)5-4-8-16)15(20)17-10-14(19)18(2)3/h6-7,9H,8,10,16H2,1-3H3,(H,17,20). The lowest BCUT2D eigenvalue weighted by Crippen LogP contribution is -2.36. The highest BCUT2D eigenvalue weighted by atomic mass is 16.2. The second kappa shape index (κ2) is 7.31. The van der Waals surface area contributed by atoms with Gasteiger partial charge in [-0.1, -0.05) is 17.9 Å². The predicted molar refractivity (Wildman–Crippen MR) is 78.1 cm³/mol. The number of hydrogen-bond acceptors (Lipinski definition) is 3. The lowest BCUT2D eigenvalue weighted by atomic mass is 10.0. The van der Waals surface area contributed by atoms with Crippen molar-refractivity contribution in [2.45, 2.75) is 6.92 Å². The molecule has 0 saturated heterocycles. The Morgan fingerprint density at radius 3 is 2.65 bits per heavy atom. The molecule has 106 valence electrons. The van der Waals surface area contributed by atoms with Crippen molar-refractivity contribution in [2.24, 2.45) is 5.73 Å². The first kappa shape index (κ1) is 15.7. The van der Waals surface area contributed by atoms with Gasteiger partial charge in [0.15, 0.2) is 0 Å². The molecule has 0 bridgehead atoms. The molecular formula is C15H19N3O2. The van der Waals surface area contributed by atoms with Crippen molar-refractivity contribution >= 4 is 11.8 Å². The fourth-order valence-corrected chi connectivity index (χ4v) is 1.46. The monoisotopic (exact) mass is 273 g/mol. The largest absolute Gasteiger partial charge is 0.347 e. The molecular weight excluding hydrogens is 254 g/mol. The van der Waals surface area contributed by atoms with Crippen LogP contribution in [0.2, 0.25) is 0 Å². The first-order valence-electron chi connectivity index (χ1n) is 6.23. The predicted octanol–water partition coefficient (Wildman–Crippen LogP) is 0.123. The second-order valence-corrected chi connectivity index (χ2v) is 4.51. The molecule has 1 rings (SSSR count). The van der Waals surface area contributed by atoms with Crippen molar-refractivity contribution in [3.05, 3.63) is 34.9 Å². The quantitative estimate of drug-likeness (QED) is 0.768. The molecule has 0 aliphatic carbocycles. The first-order chi connectivity index (χ1) is 9.45. The highest BCUT2D eigenvalue weighted by Crippen LogP contribution is 2.10. The van der Waals surface area contributed by atoms with Gasteiger partial charge in [-0.05, 0) is 24.6 Å². The minimum absolute atomic E-state index is 0.0243. The van der Waals surface area contributed by atoms with Crippen molar-refractivity contribution in [1.82, 2.24) is 10.2 Å². The Morgan fingerprint density at radius 2 is 2.05 bits per heavy atom. The van der Waals surface area contributed by atoms with Crippen molar-refractivity contribution in [1.29, 1.82) is 0 Å². The Labute approximate surface area is 119 Å². The number of likely N-dealkylation sites (N-methyl/N-ethyl adjacent to an activating group) is 1. The van der Waals surface area contributed by atoms with Gasteiger partial charge >= 0.3 is 0 Å². The van der Waals surface area contributed by atoms with E-state index in [1.54, 1.807) is 26.2 Å². The Bertz CT molecular complexity index is 568. The van der Waals surface area contributed by atoms with Gasteiger partial charge in [-0.15, -0.1) is 0 Å². The summed E-state index contributed by atoms with van der Waals surface area (Å²) in [7, 11) is 3.28. The maximum absolute atomic E-state index is 12.0. The first-order valence-corrected chi connectivity index (χ1v) is 6.23. The molecule has 0 saturated carbocycles. The molecule has 5 nitrogen and oxygen atoms in total. The highest BCUT2D eigenvalue weighted by molar-refractivity contribution is 5.96. The summed E-state index contributed by atoms with van der Waals surface area (Å²) in [5.41, 5.74) is 7.56. The molecule has 0 atom stereocenters. The normalized spacial score (nSPS) is 9.40. The lowest BCUT2D eigenvalue weighted by molar-refractivity contribution is -0.127. The number of amides is 2. The van der Waals surface area contributed by atoms with E-state index < -0.39 is 0 Å². The Balaban J connectivity index is 2.81. The summed E-state index contributed by atoms with van der Waals surface area (Å²) < 4.78 is 0. The van der Waals surface area contributed by atoms with Crippen LogP contribution in [0, 0.1) is 18.8 Å². The molecule has 0 aromatic heterocycles. The maximum Gasteiger partial charge on any atom is 0.251 e. The molecule has 0 fully saturated rings. The molecule has 20 heavy (non-hydrogen) atoms. The van der Waals surface area contributed by atoms with Gasteiger partial charge in [0, 0.05) is 25.2 Å². The van der Waals surface area contributed by atoms with Crippen LogP contribution in [0.4, 0.5) is 0 Å². The van der Waals surface area contributed by atoms with Crippen LogP contribution in [0.3, 0.4) is 0 Å². The minimum Gasteiger partial charge on any atom is -0.347 e. The van der Waals surface area contributed by atoms with E-state index in [0.29, 0.717) is 5.56 Å². The van der Waals surface area contributed by atoms with Crippen LogP contribution < -0.4 is 11.1 Å². The van der Waals surface area contributed by atoms with Gasteiger partial charge in [-0.25, -0.2) is 0 Å². The topological polar surface area (TPSA) is 75.4 Å². The summed E-state index contributed by atoms with van der Waals surface area (Å²) in [5, 5.41) is 2.58. The van der Waals surface area contributed by atoms with E-state index >= 15 is 0 Å². The average molecular weight is 273 g/mol. The van der Waals surface area contributed by atoms with Crippen LogP contribution in [0.1, 0.15) is 21.5 Å². The summed E-state index contributed by atoms with van der Waals surface area (Å²) in [4.78, 5) is 24.8. The lowest BCUT2D eigenvalue weighted by Gasteiger charge is -2.11. The van der Waals surface area contributed by atoms with Crippen LogP contribution in [0.15, 0.2) is 18.2 Å². The number of hydrogen-bond donors (Lipinski definition) is 2. The Kier molecular flexibility index (Phi) is 5.75. The van der Waals surface area contributed by atoms with Crippen LogP contribution in [-0.4, -0.2) is 43.9 Å². The number of aryl methyl sites for hydroxylation is 1. The molecule has 0 spiro atoms. The zero-order chi connectivity index (χ0) is 15.1. The number of benzene rings is 1. The molecule has 1 aromatic rings. The van der Waals surface area contributed by atoms with Crippen molar-refractivity contribution in [3.8, 4) is 11.8 Å². The highest BCUT2D eigenvalue weighted by Gasteiger charge is 2.10. The minimum atomic E-state index is -0.295. The van der Waals surface area contributed by atoms with Gasteiger partial charge in [0.25, 0.3) is 5.91 Å². The molecule has 5 heteroatoms. The summed E-state index contributed by atoms with van der Waals surface area (Å²) in [6.45, 7) is 2.16. The Hall–Kier alpha value is -2.32. The van der Waals surface area contributed by atoms with Crippen LogP contribution in [0.25, 0.3) is 0 Å². The van der Waals surface area contributed by atoms with Crippen LogP contribution >= 0.6 is 0 Å². The average Bonchev–Trinajstić information content (AvgIpc) is 2.43. The third-order valence-electron chi connectivity index (χ3n) is 2.72. The Morgan fingerprint density at radius 1 is 1.35 bits per heavy atom. The summed E-state index contributed by atoms with van der Waals surface area (Å²) in [6, 6.07) is 5.23. The van der Waals surface area contributed by atoms with Crippen LogP contribution in [0.5, 0.6) is 0 Å². The molecule has 2 amide bonds. The van der Waals surface area contributed by atoms with E-state index in [-0.39, 0.29) is 24.9 Å². The summed E-state index contributed by atoms with van der Waals surface area (Å²) in [6.07, 6.45) is 0. The van der Waals surface area contributed by atoms with Gasteiger partial charge in [-0.3, -0.25) is 9.59 Å². The smallest absolute Gasteiger partial charge is 0.251 e. The maximum atomic E-state index is 12.0. The third kappa shape index (κ3) is 4.41. The molecule has 0 unspecified atom stereocenters. The molecule has 0 radical (unpaired) electrons. The molecule has 0 heterocycles. The second-order valence-electron chi connectivity index (χ2n) is 4.51. The number of carbonyl (C=O) groups excluding carboxylic acids is 2. The van der Waals surface area contributed by atoms with Crippen molar-refractivity contribution in [3.63, 3.8) is 0 Å². The molecule has 1 aromatic carbocycles. The van der Waals surface area contributed by atoms with E-state index in [1.165, 1.54) is 4.90 Å². The number of nitrogens with zero attached hydrogens (tertiary/aromatic N) is 1. The van der Waals surface area contributed by atoms with Crippen molar-refractivity contribution in [2.75, 3.05) is 27.2 Å².